The molecular weight excluding hydrogens is 432 g/mol. The first-order valence-corrected chi connectivity index (χ1v) is 12.2. The van der Waals surface area contributed by atoms with Gasteiger partial charge in [0, 0.05) is 13.2 Å². The molecule has 0 aliphatic rings. The van der Waals surface area contributed by atoms with Crippen LogP contribution in [0.1, 0.15) is 85.9 Å². The van der Waals surface area contributed by atoms with Crippen molar-refractivity contribution in [3.05, 3.63) is 71.8 Å². The van der Waals surface area contributed by atoms with Crippen molar-refractivity contribution in [2.75, 3.05) is 13.2 Å². The second-order valence-corrected chi connectivity index (χ2v) is 8.22. The molecule has 0 aromatic heterocycles. The van der Waals surface area contributed by atoms with Gasteiger partial charge in [0.1, 0.15) is 0 Å². The van der Waals surface area contributed by atoms with Gasteiger partial charge in [-0.3, -0.25) is 0 Å². The molecule has 0 aliphatic carbocycles. The molecule has 6 nitrogen and oxygen atoms in total. The summed E-state index contributed by atoms with van der Waals surface area (Å²) >= 11 is 0. The Hall–Kier alpha value is -2.70. The van der Waals surface area contributed by atoms with E-state index in [4.69, 9.17) is 10.2 Å². The number of carboxylic acids is 2. The molecule has 0 radical (unpaired) electrons. The van der Waals surface area contributed by atoms with Gasteiger partial charge in [0.25, 0.3) is 0 Å². The highest BCUT2D eigenvalue weighted by Gasteiger charge is 2.19. The van der Waals surface area contributed by atoms with Crippen LogP contribution in [0.25, 0.3) is 0 Å². The molecule has 2 aromatic carbocycles. The third-order valence-electron chi connectivity index (χ3n) is 5.53. The number of hydrogen-bond donors (Lipinski definition) is 4. The summed E-state index contributed by atoms with van der Waals surface area (Å²) in [6, 6.07) is 16.6. The first-order valence-electron chi connectivity index (χ1n) is 12.2. The fourth-order valence-electron chi connectivity index (χ4n) is 3.43. The van der Waals surface area contributed by atoms with Crippen LogP contribution in [0.5, 0.6) is 0 Å². The minimum Gasteiger partial charge on any atom is -0.478 e. The van der Waals surface area contributed by atoms with Crippen LogP contribution in [0.15, 0.2) is 60.7 Å². The molecule has 2 unspecified atom stereocenters. The van der Waals surface area contributed by atoms with Crippen molar-refractivity contribution in [2.45, 2.75) is 65.2 Å². The zero-order valence-electron chi connectivity index (χ0n) is 20.6. The average Bonchev–Trinajstić information content (AvgIpc) is 2.87. The minimum atomic E-state index is -0.879. The second-order valence-electron chi connectivity index (χ2n) is 8.22. The zero-order chi connectivity index (χ0) is 25.6. The Labute approximate surface area is 204 Å². The lowest BCUT2D eigenvalue weighted by molar-refractivity contribution is 0.0686. The van der Waals surface area contributed by atoms with Crippen molar-refractivity contribution in [2.24, 2.45) is 11.8 Å². The smallest absolute Gasteiger partial charge is 0.335 e. The normalized spacial score (nSPS) is 11.8. The van der Waals surface area contributed by atoms with Gasteiger partial charge >= 0.3 is 11.9 Å². The average molecular weight is 475 g/mol. The third kappa shape index (κ3) is 15.2. The van der Waals surface area contributed by atoms with Gasteiger partial charge in [0.2, 0.25) is 0 Å². The summed E-state index contributed by atoms with van der Waals surface area (Å²) in [5.74, 6) is -1.13. The number of hydrogen-bond acceptors (Lipinski definition) is 4. The number of rotatable bonds is 13. The number of benzene rings is 2. The lowest BCUT2D eigenvalue weighted by atomic mass is 9.85. The fraction of sp³-hybridized carbons (Fsp3) is 0.500. The van der Waals surface area contributed by atoms with Gasteiger partial charge in [-0.2, -0.15) is 0 Å². The van der Waals surface area contributed by atoms with E-state index in [0.29, 0.717) is 23.0 Å². The summed E-state index contributed by atoms with van der Waals surface area (Å²) in [6.45, 7) is 4.86. The van der Waals surface area contributed by atoms with Gasteiger partial charge in [-0.25, -0.2) is 9.59 Å². The van der Waals surface area contributed by atoms with Crippen LogP contribution in [0.3, 0.4) is 0 Å². The fourth-order valence-corrected chi connectivity index (χ4v) is 3.43. The monoisotopic (exact) mass is 474 g/mol. The Bertz CT molecular complexity index is 683. The van der Waals surface area contributed by atoms with Gasteiger partial charge in [0.15, 0.2) is 0 Å². The summed E-state index contributed by atoms with van der Waals surface area (Å²) < 4.78 is 0. The van der Waals surface area contributed by atoms with Crippen molar-refractivity contribution < 1.29 is 30.0 Å². The Kier molecular flexibility index (Phi) is 19.2. The summed E-state index contributed by atoms with van der Waals surface area (Å²) in [5.41, 5.74) is 0.662. The molecule has 6 heteroatoms. The van der Waals surface area contributed by atoms with Gasteiger partial charge in [-0.05, 0) is 48.9 Å². The predicted molar refractivity (Wildman–Crippen MR) is 136 cm³/mol. The Morgan fingerprint density at radius 3 is 1.15 bits per heavy atom. The second kappa shape index (κ2) is 20.9. The maximum atomic E-state index is 10.2. The van der Waals surface area contributed by atoms with E-state index < -0.39 is 11.9 Å². The van der Waals surface area contributed by atoms with E-state index in [1.54, 1.807) is 60.7 Å². The Morgan fingerprint density at radius 1 is 0.618 bits per heavy atom. The molecule has 0 aliphatic heterocycles. The van der Waals surface area contributed by atoms with E-state index in [2.05, 4.69) is 13.8 Å². The van der Waals surface area contributed by atoms with E-state index in [-0.39, 0.29) is 13.2 Å². The van der Waals surface area contributed by atoms with Crippen LogP contribution < -0.4 is 0 Å². The van der Waals surface area contributed by atoms with Crippen LogP contribution in [0.4, 0.5) is 0 Å². The summed E-state index contributed by atoms with van der Waals surface area (Å²) in [4.78, 5) is 20.4. The van der Waals surface area contributed by atoms with Crippen LogP contribution in [-0.4, -0.2) is 45.6 Å². The molecule has 0 amide bonds. The SMILES string of the molecule is CCCCCC(CO)C(CO)CCCCC.O=C(O)c1ccccc1.O=C(O)c1ccccc1. The molecule has 0 saturated carbocycles. The van der Waals surface area contributed by atoms with Crippen molar-refractivity contribution in [3.63, 3.8) is 0 Å². The summed E-state index contributed by atoms with van der Waals surface area (Å²) in [7, 11) is 0. The molecule has 2 atom stereocenters. The number of carboxylic acid groups (broad SMARTS) is 2. The van der Waals surface area contributed by atoms with Gasteiger partial charge in [-0.1, -0.05) is 88.8 Å². The highest BCUT2D eigenvalue weighted by atomic mass is 16.4. The van der Waals surface area contributed by atoms with Crippen LogP contribution in [-0.2, 0) is 0 Å². The molecule has 0 saturated heterocycles. The lowest BCUT2D eigenvalue weighted by Crippen LogP contribution is -2.22. The molecule has 2 aromatic rings. The van der Waals surface area contributed by atoms with E-state index >= 15 is 0 Å². The molecule has 34 heavy (non-hydrogen) atoms. The van der Waals surface area contributed by atoms with E-state index in [9.17, 15) is 19.8 Å². The summed E-state index contributed by atoms with van der Waals surface area (Å²) in [5, 5.41) is 35.5. The first-order chi connectivity index (χ1) is 16.4. The number of aromatic carboxylic acids is 2. The van der Waals surface area contributed by atoms with Gasteiger partial charge in [-0.15, -0.1) is 0 Å². The Morgan fingerprint density at radius 2 is 0.941 bits per heavy atom. The zero-order valence-corrected chi connectivity index (χ0v) is 20.6. The van der Waals surface area contributed by atoms with E-state index in [1.807, 2.05) is 0 Å². The van der Waals surface area contributed by atoms with Crippen molar-refractivity contribution >= 4 is 11.9 Å². The molecule has 4 N–H and O–H groups in total. The molecule has 0 fully saturated rings. The van der Waals surface area contributed by atoms with Gasteiger partial charge < -0.3 is 20.4 Å². The van der Waals surface area contributed by atoms with Crippen LogP contribution in [0, 0.1) is 11.8 Å². The highest BCUT2D eigenvalue weighted by Crippen LogP contribution is 2.23. The molecular formula is C28H42O6. The minimum absolute atomic E-state index is 0.237. The van der Waals surface area contributed by atoms with Crippen molar-refractivity contribution in [1.29, 1.82) is 0 Å². The molecule has 2 rings (SSSR count). The van der Waals surface area contributed by atoms with Gasteiger partial charge in [0.05, 0.1) is 11.1 Å². The molecule has 0 bridgehead atoms. The highest BCUT2D eigenvalue weighted by molar-refractivity contribution is 5.87. The predicted octanol–water partition coefficient (Wildman–Crippen LogP) is 6.13. The number of aliphatic hydroxyl groups is 2. The van der Waals surface area contributed by atoms with E-state index in [1.165, 1.54) is 38.5 Å². The maximum Gasteiger partial charge on any atom is 0.335 e. The number of unbranched alkanes of at least 4 members (excludes halogenated alkanes) is 4. The number of carbonyl (C=O) groups is 2. The van der Waals surface area contributed by atoms with Crippen LogP contribution >= 0.6 is 0 Å². The molecule has 190 valence electrons. The molecule has 0 spiro atoms. The maximum absolute atomic E-state index is 10.2. The lowest BCUT2D eigenvalue weighted by Gasteiger charge is -2.23. The van der Waals surface area contributed by atoms with Crippen molar-refractivity contribution in [1.82, 2.24) is 0 Å². The standard InChI is InChI=1S/C14H30O2.2C7H6O2/c1-3-5-7-9-13(11-15)14(12-16)10-8-6-4-2;2*8-7(9)6-4-2-1-3-5-6/h13-16H,3-12H2,1-2H3;2*1-5H,(H,8,9). The van der Waals surface area contributed by atoms with E-state index in [0.717, 1.165) is 12.8 Å². The molecule has 0 heterocycles. The third-order valence-corrected chi connectivity index (χ3v) is 5.53. The number of aliphatic hydroxyl groups excluding tert-OH is 2. The quantitative estimate of drug-likeness (QED) is 0.259. The summed E-state index contributed by atoms with van der Waals surface area (Å²) in [6.07, 6.45) is 9.43. The van der Waals surface area contributed by atoms with Crippen LogP contribution in [0.2, 0.25) is 0 Å². The topological polar surface area (TPSA) is 115 Å². The largest absolute Gasteiger partial charge is 0.478 e. The Balaban J connectivity index is 0.000000513. The first kappa shape index (κ1) is 31.3. The van der Waals surface area contributed by atoms with Crippen molar-refractivity contribution in [3.8, 4) is 0 Å².